The van der Waals surface area contributed by atoms with Crippen molar-refractivity contribution >= 4 is 5.97 Å². The Bertz CT molecular complexity index is 404. The van der Waals surface area contributed by atoms with Crippen LogP contribution in [0, 0.1) is 0 Å². The van der Waals surface area contributed by atoms with Crippen LogP contribution in [0.1, 0.15) is 31.1 Å². The number of carbonyl (C=O) groups is 1. The molecule has 0 radical (unpaired) electrons. The first-order valence-corrected chi connectivity index (χ1v) is 5.33. The number of ether oxygens (including phenoxy) is 3. The summed E-state index contributed by atoms with van der Waals surface area (Å²) in [6.45, 7) is 5.45. The van der Waals surface area contributed by atoms with Gasteiger partial charge in [0.2, 0.25) is 0 Å². The molecule has 0 N–H and O–H groups in total. The van der Waals surface area contributed by atoms with Crippen molar-refractivity contribution in [3.63, 3.8) is 0 Å². The summed E-state index contributed by atoms with van der Waals surface area (Å²) in [5, 5.41) is 0. The van der Waals surface area contributed by atoms with Crippen LogP contribution in [0.15, 0.2) is 18.2 Å². The molecular formula is C13H18O4. The normalized spacial score (nSPS) is 10.9. The summed E-state index contributed by atoms with van der Waals surface area (Å²) in [5.41, 5.74) is -0.174. The predicted molar refractivity (Wildman–Crippen MR) is 64.7 cm³/mol. The van der Waals surface area contributed by atoms with Crippen LogP contribution in [0.4, 0.5) is 0 Å². The molecule has 1 aromatic carbocycles. The van der Waals surface area contributed by atoms with Gasteiger partial charge in [-0.15, -0.1) is 0 Å². The van der Waals surface area contributed by atoms with Crippen molar-refractivity contribution in [1.82, 2.24) is 0 Å². The van der Waals surface area contributed by atoms with Crippen molar-refractivity contribution < 1.29 is 19.0 Å². The average Bonchev–Trinajstić information content (AvgIpc) is 2.25. The van der Waals surface area contributed by atoms with Gasteiger partial charge in [0.1, 0.15) is 11.2 Å². The van der Waals surface area contributed by atoms with Crippen LogP contribution in [0.5, 0.6) is 11.5 Å². The number of hydrogen-bond donors (Lipinski definition) is 0. The van der Waals surface area contributed by atoms with Crippen LogP contribution < -0.4 is 9.47 Å². The van der Waals surface area contributed by atoms with E-state index < -0.39 is 11.6 Å². The summed E-state index contributed by atoms with van der Waals surface area (Å²) in [7, 11) is 3.02. The van der Waals surface area contributed by atoms with E-state index in [-0.39, 0.29) is 0 Å². The van der Waals surface area contributed by atoms with E-state index >= 15 is 0 Å². The zero-order valence-electron chi connectivity index (χ0n) is 10.9. The minimum atomic E-state index is -0.537. The lowest BCUT2D eigenvalue weighted by molar-refractivity contribution is 0.00660. The molecule has 0 aliphatic carbocycles. The van der Waals surface area contributed by atoms with Gasteiger partial charge in [-0.25, -0.2) is 4.79 Å². The van der Waals surface area contributed by atoms with Crippen LogP contribution >= 0.6 is 0 Å². The van der Waals surface area contributed by atoms with E-state index in [2.05, 4.69) is 0 Å². The lowest BCUT2D eigenvalue weighted by Crippen LogP contribution is -2.24. The molecule has 0 spiro atoms. The van der Waals surface area contributed by atoms with Gasteiger partial charge in [-0.1, -0.05) is 6.07 Å². The molecule has 0 heterocycles. The maximum atomic E-state index is 12.0. The third kappa shape index (κ3) is 3.37. The number of para-hydroxylation sites is 1. The Morgan fingerprint density at radius 1 is 1.12 bits per heavy atom. The molecule has 0 saturated heterocycles. The second-order valence-electron chi connectivity index (χ2n) is 4.54. The van der Waals surface area contributed by atoms with Crippen LogP contribution in [-0.2, 0) is 4.74 Å². The fourth-order valence-electron chi connectivity index (χ4n) is 1.38. The van der Waals surface area contributed by atoms with Crippen LogP contribution in [-0.4, -0.2) is 25.8 Å². The molecular weight excluding hydrogens is 220 g/mol. The van der Waals surface area contributed by atoms with E-state index in [0.717, 1.165) is 0 Å². The molecule has 4 heteroatoms. The smallest absolute Gasteiger partial charge is 0.342 e. The Balaban J connectivity index is 3.09. The monoisotopic (exact) mass is 238 g/mol. The standard InChI is InChI=1S/C13H18O4/c1-13(2,3)17-12(14)9-7-6-8-10(15-4)11(9)16-5/h6-8H,1-5H3. The summed E-state index contributed by atoms with van der Waals surface area (Å²) in [6.07, 6.45) is 0. The number of esters is 1. The van der Waals surface area contributed by atoms with Gasteiger partial charge in [-0.05, 0) is 32.9 Å². The fourth-order valence-corrected chi connectivity index (χ4v) is 1.38. The molecule has 1 rings (SSSR count). The van der Waals surface area contributed by atoms with Gasteiger partial charge in [0, 0.05) is 0 Å². The molecule has 4 nitrogen and oxygen atoms in total. The third-order valence-corrected chi connectivity index (χ3v) is 2.02. The largest absolute Gasteiger partial charge is 0.493 e. The Hall–Kier alpha value is -1.71. The molecule has 0 aromatic heterocycles. The molecule has 0 aliphatic rings. The van der Waals surface area contributed by atoms with E-state index in [1.165, 1.54) is 14.2 Å². The molecule has 0 aliphatic heterocycles. The number of benzene rings is 1. The van der Waals surface area contributed by atoms with Crippen LogP contribution in [0.25, 0.3) is 0 Å². The van der Waals surface area contributed by atoms with Gasteiger partial charge in [0.25, 0.3) is 0 Å². The lowest BCUT2D eigenvalue weighted by Gasteiger charge is -2.20. The van der Waals surface area contributed by atoms with E-state index in [9.17, 15) is 4.79 Å². The average molecular weight is 238 g/mol. The summed E-state index contributed by atoms with van der Waals surface area (Å²) >= 11 is 0. The quantitative estimate of drug-likeness (QED) is 0.759. The van der Waals surface area contributed by atoms with Crippen LogP contribution in [0.2, 0.25) is 0 Å². The summed E-state index contributed by atoms with van der Waals surface area (Å²) in [5.74, 6) is 0.480. The first-order chi connectivity index (χ1) is 7.89. The molecule has 0 fully saturated rings. The van der Waals surface area contributed by atoms with Gasteiger partial charge in [-0.3, -0.25) is 0 Å². The third-order valence-electron chi connectivity index (χ3n) is 2.02. The highest BCUT2D eigenvalue weighted by Gasteiger charge is 2.22. The minimum absolute atomic E-state index is 0.363. The van der Waals surface area contributed by atoms with E-state index in [1.807, 2.05) is 20.8 Å². The Morgan fingerprint density at radius 2 is 1.76 bits per heavy atom. The fraction of sp³-hybridized carbons (Fsp3) is 0.462. The molecule has 0 atom stereocenters. The lowest BCUT2D eigenvalue weighted by atomic mass is 10.1. The highest BCUT2D eigenvalue weighted by molar-refractivity contribution is 5.93. The topological polar surface area (TPSA) is 44.8 Å². The first kappa shape index (κ1) is 13.4. The molecule has 0 bridgehead atoms. The van der Waals surface area contributed by atoms with Crippen molar-refractivity contribution in [2.75, 3.05) is 14.2 Å². The molecule has 1 aromatic rings. The SMILES string of the molecule is COc1cccc(C(=O)OC(C)(C)C)c1OC. The zero-order chi connectivity index (χ0) is 13.1. The van der Waals surface area contributed by atoms with Crippen molar-refractivity contribution in [3.8, 4) is 11.5 Å². The highest BCUT2D eigenvalue weighted by Crippen LogP contribution is 2.31. The Morgan fingerprint density at radius 3 is 2.24 bits per heavy atom. The van der Waals surface area contributed by atoms with Crippen molar-refractivity contribution in [2.24, 2.45) is 0 Å². The Kier molecular flexibility index (Phi) is 3.99. The number of hydrogen-bond acceptors (Lipinski definition) is 4. The van der Waals surface area contributed by atoms with Crippen molar-refractivity contribution in [1.29, 1.82) is 0 Å². The zero-order valence-corrected chi connectivity index (χ0v) is 10.9. The summed E-state index contributed by atoms with van der Waals surface area (Å²) in [6, 6.07) is 5.10. The maximum absolute atomic E-state index is 12.0. The van der Waals surface area contributed by atoms with Gasteiger partial charge in [0.05, 0.1) is 14.2 Å². The predicted octanol–water partition coefficient (Wildman–Crippen LogP) is 2.66. The first-order valence-electron chi connectivity index (χ1n) is 5.33. The van der Waals surface area contributed by atoms with Crippen molar-refractivity contribution in [2.45, 2.75) is 26.4 Å². The number of methoxy groups -OCH3 is 2. The summed E-state index contributed by atoms with van der Waals surface area (Å²) < 4.78 is 15.6. The van der Waals surface area contributed by atoms with Gasteiger partial charge in [0.15, 0.2) is 11.5 Å². The second kappa shape index (κ2) is 5.08. The highest BCUT2D eigenvalue weighted by atomic mass is 16.6. The Labute approximate surface area is 101 Å². The molecule has 94 valence electrons. The van der Waals surface area contributed by atoms with Gasteiger partial charge < -0.3 is 14.2 Å². The van der Waals surface area contributed by atoms with Gasteiger partial charge in [-0.2, -0.15) is 0 Å². The van der Waals surface area contributed by atoms with Crippen molar-refractivity contribution in [3.05, 3.63) is 23.8 Å². The van der Waals surface area contributed by atoms with Crippen LogP contribution in [0.3, 0.4) is 0 Å². The minimum Gasteiger partial charge on any atom is -0.493 e. The summed E-state index contributed by atoms with van der Waals surface area (Å²) in [4.78, 5) is 12.0. The number of carbonyl (C=O) groups excluding carboxylic acids is 1. The van der Waals surface area contributed by atoms with E-state index in [0.29, 0.717) is 17.1 Å². The molecule has 0 saturated carbocycles. The second-order valence-corrected chi connectivity index (χ2v) is 4.54. The molecule has 0 amide bonds. The van der Waals surface area contributed by atoms with E-state index in [1.54, 1.807) is 18.2 Å². The number of rotatable bonds is 3. The van der Waals surface area contributed by atoms with Gasteiger partial charge >= 0.3 is 5.97 Å². The van der Waals surface area contributed by atoms with E-state index in [4.69, 9.17) is 14.2 Å². The molecule has 0 unspecified atom stereocenters. The maximum Gasteiger partial charge on any atom is 0.342 e. The molecule has 17 heavy (non-hydrogen) atoms.